The minimum atomic E-state index is -4.42. The molecule has 1 aromatic heterocycles. The highest BCUT2D eigenvalue weighted by atomic mass is 19.4. The Morgan fingerprint density at radius 1 is 0.833 bits per heavy atom. The van der Waals surface area contributed by atoms with Crippen molar-refractivity contribution in [3.8, 4) is 0 Å². The molecule has 3 amide bonds. The molecular formula is C26H24F3N5O2. The molecule has 2 aromatic carbocycles. The normalized spacial score (nSPS) is 15.6. The summed E-state index contributed by atoms with van der Waals surface area (Å²) in [6.07, 6.45) is -2.67. The third kappa shape index (κ3) is 4.98. The average Bonchev–Trinajstić information content (AvgIpc) is 3.33. The Hall–Kier alpha value is -4.08. The maximum Gasteiger partial charge on any atom is 0.416 e. The predicted molar refractivity (Wildman–Crippen MR) is 129 cm³/mol. The molecule has 0 radical (unpaired) electrons. The highest BCUT2D eigenvalue weighted by Crippen LogP contribution is 2.33. The minimum absolute atomic E-state index is 0.0796. The van der Waals surface area contributed by atoms with Crippen LogP contribution in [0.1, 0.15) is 27.0 Å². The Morgan fingerprint density at radius 3 is 2.22 bits per heavy atom. The smallest absolute Gasteiger partial charge is 0.353 e. The van der Waals surface area contributed by atoms with E-state index in [0.29, 0.717) is 48.6 Å². The summed E-state index contributed by atoms with van der Waals surface area (Å²) < 4.78 is 38.9. The van der Waals surface area contributed by atoms with Gasteiger partial charge >= 0.3 is 12.2 Å². The van der Waals surface area contributed by atoms with Gasteiger partial charge in [0.05, 0.1) is 5.56 Å². The zero-order chi connectivity index (χ0) is 25.3. The lowest BCUT2D eigenvalue weighted by molar-refractivity contribution is -0.137. The molecule has 1 N–H and O–H groups in total. The maximum absolute atomic E-state index is 13.0. The number of benzene rings is 2. The van der Waals surface area contributed by atoms with Crippen LogP contribution in [-0.2, 0) is 19.3 Å². The number of alkyl halides is 3. The van der Waals surface area contributed by atoms with Crippen molar-refractivity contribution in [2.24, 2.45) is 0 Å². The monoisotopic (exact) mass is 495 g/mol. The van der Waals surface area contributed by atoms with Crippen molar-refractivity contribution < 1.29 is 22.8 Å². The van der Waals surface area contributed by atoms with Gasteiger partial charge in [-0.2, -0.15) is 13.2 Å². The highest BCUT2D eigenvalue weighted by Gasteiger charge is 2.33. The lowest BCUT2D eigenvalue weighted by atomic mass is 10.1. The highest BCUT2D eigenvalue weighted by molar-refractivity contribution is 5.95. The summed E-state index contributed by atoms with van der Waals surface area (Å²) in [7, 11) is 0. The number of fused-ring (bicyclic) bond motifs is 1. The average molecular weight is 496 g/mol. The number of hydrogen-bond donors (Lipinski definition) is 1. The van der Waals surface area contributed by atoms with Crippen molar-refractivity contribution in [2.75, 3.05) is 36.4 Å². The van der Waals surface area contributed by atoms with E-state index in [2.05, 4.69) is 15.2 Å². The van der Waals surface area contributed by atoms with Crippen LogP contribution >= 0.6 is 0 Å². The maximum atomic E-state index is 13.0. The second kappa shape index (κ2) is 9.52. The Morgan fingerprint density at radius 2 is 1.56 bits per heavy atom. The summed E-state index contributed by atoms with van der Waals surface area (Å²) in [6.45, 7) is 2.89. The molecule has 3 heterocycles. The van der Waals surface area contributed by atoms with Crippen molar-refractivity contribution >= 4 is 23.4 Å². The van der Waals surface area contributed by atoms with Crippen LogP contribution in [0.2, 0.25) is 0 Å². The van der Waals surface area contributed by atoms with E-state index in [-0.39, 0.29) is 19.0 Å². The van der Waals surface area contributed by atoms with Crippen LogP contribution in [0.25, 0.3) is 0 Å². The molecule has 186 valence electrons. The third-order valence-electron chi connectivity index (χ3n) is 6.47. The first kappa shape index (κ1) is 23.7. The van der Waals surface area contributed by atoms with Gasteiger partial charge in [0.1, 0.15) is 5.82 Å². The first-order valence-corrected chi connectivity index (χ1v) is 11.6. The first-order chi connectivity index (χ1) is 17.3. The van der Waals surface area contributed by atoms with Crippen LogP contribution in [0.5, 0.6) is 0 Å². The number of anilines is 2. The van der Waals surface area contributed by atoms with Gasteiger partial charge in [0, 0.05) is 56.7 Å². The molecule has 0 bridgehead atoms. The molecule has 3 aromatic rings. The third-order valence-corrected chi connectivity index (χ3v) is 6.47. The van der Waals surface area contributed by atoms with Crippen molar-refractivity contribution in [3.05, 3.63) is 89.1 Å². The van der Waals surface area contributed by atoms with E-state index in [0.717, 1.165) is 18.0 Å². The number of amides is 3. The number of pyridine rings is 1. The number of piperazine rings is 1. The fourth-order valence-electron chi connectivity index (χ4n) is 4.48. The molecule has 2 aliphatic rings. The molecular weight excluding hydrogens is 471 g/mol. The van der Waals surface area contributed by atoms with Gasteiger partial charge < -0.3 is 20.0 Å². The number of urea groups is 1. The topological polar surface area (TPSA) is 68.8 Å². The zero-order valence-corrected chi connectivity index (χ0v) is 19.3. The van der Waals surface area contributed by atoms with Gasteiger partial charge in [0.2, 0.25) is 0 Å². The van der Waals surface area contributed by atoms with Crippen molar-refractivity contribution in [3.63, 3.8) is 0 Å². The summed E-state index contributed by atoms with van der Waals surface area (Å²) in [6, 6.07) is 15.5. The zero-order valence-electron chi connectivity index (χ0n) is 19.3. The van der Waals surface area contributed by atoms with Crippen LogP contribution in [0.4, 0.5) is 29.5 Å². The molecule has 0 unspecified atom stereocenters. The fourth-order valence-corrected chi connectivity index (χ4v) is 4.48. The van der Waals surface area contributed by atoms with Gasteiger partial charge in [-0.05, 0) is 59.7 Å². The van der Waals surface area contributed by atoms with Gasteiger partial charge in [-0.25, -0.2) is 9.78 Å². The Kier molecular flexibility index (Phi) is 6.26. The predicted octanol–water partition coefficient (Wildman–Crippen LogP) is 4.61. The molecule has 7 nitrogen and oxygen atoms in total. The molecule has 2 aliphatic heterocycles. The van der Waals surface area contributed by atoms with Crippen LogP contribution in [-0.4, -0.2) is 52.9 Å². The number of nitrogens with zero attached hydrogens (tertiary/aromatic N) is 4. The number of nitrogens with one attached hydrogen (secondary N) is 1. The molecule has 36 heavy (non-hydrogen) atoms. The lowest BCUT2D eigenvalue weighted by Crippen LogP contribution is -2.49. The number of carbonyl (C=O) groups is 2. The number of aromatic nitrogens is 1. The largest absolute Gasteiger partial charge is 0.416 e. The second-order valence-electron chi connectivity index (χ2n) is 8.81. The van der Waals surface area contributed by atoms with Gasteiger partial charge in [-0.15, -0.1) is 0 Å². The molecule has 5 rings (SSSR count). The molecule has 1 fully saturated rings. The fraction of sp³-hybridized carbons (Fsp3) is 0.269. The van der Waals surface area contributed by atoms with Gasteiger partial charge in [-0.1, -0.05) is 12.1 Å². The SMILES string of the molecule is O=C(Nc1ccc(C(=O)N2CCN(c3ccccn3)CC2)cc1)N1Cc2ccc(C(F)(F)F)cc2C1. The number of rotatable bonds is 3. The lowest BCUT2D eigenvalue weighted by Gasteiger charge is -2.35. The Bertz CT molecular complexity index is 1260. The van der Waals surface area contributed by atoms with E-state index in [1.165, 1.54) is 11.0 Å². The quantitative estimate of drug-likeness (QED) is 0.576. The number of carbonyl (C=O) groups excluding carboxylic acids is 2. The summed E-state index contributed by atoms with van der Waals surface area (Å²) >= 11 is 0. The second-order valence-corrected chi connectivity index (χ2v) is 8.81. The van der Waals surface area contributed by atoms with Crippen LogP contribution < -0.4 is 10.2 Å². The van der Waals surface area contributed by atoms with Crippen molar-refractivity contribution in [1.82, 2.24) is 14.8 Å². The molecule has 0 atom stereocenters. The van der Waals surface area contributed by atoms with E-state index in [1.807, 2.05) is 18.2 Å². The number of hydrogen-bond acceptors (Lipinski definition) is 4. The van der Waals surface area contributed by atoms with Crippen LogP contribution in [0, 0.1) is 0 Å². The van der Waals surface area contributed by atoms with Crippen molar-refractivity contribution in [2.45, 2.75) is 19.3 Å². The van der Waals surface area contributed by atoms with Crippen molar-refractivity contribution in [1.29, 1.82) is 0 Å². The van der Waals surface area contributed by atoms with Gasteiger partial charge in [0.15, 0.2) is 0 Å². The molecule has 0 saturated carbocycles. The molecule has 0 spiro atoms. The standard InChI is InChI=1S/C26H24F3N5O2/c27-26(28,29)21-7-4-19-16-34(17-20(19)15-21)25(36)31-22-8-5-18(6-9-22)24(35)33-13-11-32(12-14-33)23-3-1-2-10-30-23/h1-10,15H,11-14,16-17H2,(H,31,36). The summed E-state index contributed by atoms with van der Waals surface area (Å²) in [5.74, 6) is 0.815. The summed E-state index contributed by atoms with van der Waals surface area (Å²) in [5, 5.41) is 2.76. The Labute approximate surface area is 206 Å². The van der Waals surface area contributed by atoms with Crippen LogP contribution in [0.15, 0.2) is 66.9 Å². The first-order valence-electron chi connectivity index (χ1n) is 11.6. The molecule has 0 aliphatic carbocycles. The van der Waals surface area contributed by atoms with Gasteiger partial charge in [-0.3, -0.25) is 4.79 Å². The molecule has 1 saturated heterocycles. The number of halogens is 3. The summed E-state index contributed by atoms with van der Waals surface area (Å²) in [4.78, 5) is 35.4. The van der Waals surface area contributed by atoms with E-state index in [4.69, 9.17) is 0 Å². The van der Waals surface area contributed by atoms with Crippen LogP contribution in [0.3, 0.4) is 0 Å². The minimum Gasteiger partial charge on any atom is -0.353 e. The Balaban J connectivity index is 1.15. The van der Waals surface area contributed by atoms with E-state index >= 15 is 0 Å². The van der Waals surface area contributed by atoms with E-state index < -0.39 is 17.8 Å². The van der Waals surface area contributed by atoms with Gasteiger partial charge in [0.25, 0.3) is 5.91 Å². The molecule has 10 heteroatoms. The summed E-state index contributed by atoms with van der Waals surface area (Å²) in [5.41, 5.74) is 1.49. The van der Waals surface area contributed by atoms with E-state index in [9.17, 15) is 22.8 Å². The van der Waals surface area contributed by atoms with E-state index in [1.54, 1.807) is 35.4 Å².